The third-order valence-corrected chi connectivity index (χ3v) is 2.39. The van der Waals surface area contributed by atoms with E-state index in [0.29, 0.717) is 18.9 Å². The number of nitrogens with one attached hydrogen (secondary N) is 1. The second kappa shape index (κ2) is 5.95. The van der Waals surface area contributed by atoms with Crippen LogP contribution in [0.2, 0.25) is 0 Å². The fraction of sp³-hybridized carbons (Fsp3) is 0.308. The summed E-state index contributed by atoms with van der Waals surface area (Å²) >= 11 is 0. The largest absolute Gasteiger partial charge is 0.417 e. The average molecular weight is 245 g/mol. The Kier molecular flexibility index (Phi) is 4.06. The third kappa shape index (κ3) is 3.16. The number of benzene rings is 1. The van der Waals surface area contributed by atoms with Gasteiger partial charge in [-0.25, -0.2) is 0 Å². The Hall–Kier alpha value is -2.17. The summed E-state index contributed by atoms with van der Waals surface area (Å²) in [5, 5.41) is 10.3. The summed E-state index contributed by atoms with van der Waals surface area (Å²) in [5.74, 6) is 0.154. The van der Waals surface area contributed by atoms with Gasteiger partial charge in [-0.1, -0.05) is 37.3 Å². The molecular weight excluding hydrogens is 230 g/mol. The lowest BCUT2D eigenvalue weighted by Crippen LogP contribution is -2.24. The van der Waals surface area contributed by atoms with E-state index in [1.165, 1.54) is 0 Å². The lowest BCUT2D eigenvalue weighted by atomic mass is 10.2. The van der Waals surface area contributed by atoms with Gasteiger partial charge in [0.25, 0.3) is 0 Å². The Morgan fingerprint density at radius 1 is 1.28 bits per heavy atom. The normalized spacial score (nSPS) is 10.3. The van der Waals surface area contributed by atoms with Gasteiger partial charge in [-0.2, -0.15) is 0 Å². The van der Waals surface area contributed by atoms with Crippen LogP contribution in [-0.4, -0.2) is 22.6 Å². The van der Waals surface area contributed by atoms with Crippen LogP contribution in [0.15, 0.2) is 34.7 Å². The van der Waals surface area contributed by atoms with Gasteiger partial charge in [0.1, 0.15) is 0 Å². The number of carbonyl (C=O) groups excluding carboxylic acids is 1. The van der Waals surface area contributed by atoms with Crippen molar-refractivity contribution in [1.82, 2.24) is 15.5 Å². The van der Waals surface area contributed by atoms with Gasteiger partial charge in [-0.05, 0) is 12.0 Å². The maximum atomic E-state index is 11.6. The molecule has 94 valence electrons. The Morgan fingerprint density at radius 3 is 2.78 bits per heavy atom. The van der Waals surface area contributed by atoms with E-state index in [9.17, 15) is 4.79 Å². The van der Waals surface area contributed by atoms with Gasteiger partial charge in [0, 0.05) is 6.54 Å². The highest BCUT2D eigenvalue weighted by atomic mass is 16.4. The molecule has 0 bridgehead atoms. The molecule has 1 N–H and O–H groups in total. The Labute approximate surface area is 105 Å². The predicted octanol–water partition coefficient (Wildman–Crippen LogP) is 1.80. The van der Waals surface area contributed by atoms with Crippen LogP contribution >= 0.6 is 0 Å². The van der Waals surface area contributed by atoms with Gasteiger partial charge in [-0.3, -0.25) is 4.79 Å². The molecule has 2 rings (SSSR count). The predicted molar refractivity (Wildman–Crippen MR) is 66.2 cm³/mol. The first-order chi connectivity index (χ1) is 8.79. The Balaban J connectivity index is 2.00. The third-order valence-electron chi connectivity index (χ3n) is 2.39. The molecule has 5 nitrogen and oxygen atoms in total. The minimum absolute atomic E-state index is 0.0226. The highest BCUT2D eigenvalue weighted by Crippen LogP contribution is 2.08. The molecule has 18 heavy (non-hydrogen) atoms. The number of hydrogen-bond donors (Lipinski definition) is 1. The van der Waals surface area contributed by atoms with Crippen molar-refractivity contribution in [1.29, 1.82) is 0 Å². The molecule has 0 saturated carbocycles. The lowest BCUT2D eigenvalue weighted by molar-refractivity contribution is 0.0917. The summed E-state index contributed by atoms with van der Waals surface area (Å²) in [6.45, 7) is 2.59. The van der Waals surface area contributed by atoms with E-state index in [0.717, 1.165) is 12.0 Å². The van der Waals surface area contributed by atoms with Crippen LogP contribution < -0.4 is 5.32 Å². The number of rotatable bonds is 5. The van der Waals surface area contributed by atoms with Gasteiger partial charge in [-0.15, -0.1) is 10.2 Å². The SMILES string of the molecule is CCCNC(=O)c1nnc(Cc2ccccc2)o1. The molecule has 1 aromatic heterocycles. The summed E-state index contributed by atoms with van der Waals surface area (Å²) in [6, 6.07) is 9.78. The van der Waals surface area contributed by atoms with Gasteiger partial charge >= 0.3 is 11.8 Å². The molecule has 0 aliphatic heterocycles. The molecule has 0 saturated heterocycles. The standard InChI is InChI=1S/C13H15N3O2/c1-2-8-14-12(17)13-16-15-11(18-13)9-10-6-4-3-5-7-10/h3-7H,2,8-9H2,1H3,(H,14,17). The molecule has 0 radical (unpaired) electrons. The molecule has 0 spiro atoms. The number of nitrogens with zero attached hydrogens (tertiary/aromatic N) is 2. The smallest absolute Gasteiger partial charge is 0.308 e. The molecule has 1 heterocycles. The quantitative estimate of drug-likeness (QED) is 0.872. The highest BCUT2D eigenvalue weighted by molar-refractivity contribution is 5.89. The Morgan fingerprint density at radius 2 is 2.06 bits per heavy atom. The van der Waals surface area contributed by atoms with Gasteiger partial charge < -0.3 is 9.73 Å². The second-order valence-electron chi connectivity index (χ2n) is 3.92. The maximum Gasteiger partial charge on any atom is 0.308 e. The first-order valence-corrected chi connectivity index (χ1v) is 5.94. The van der Waals surface area contributed by atoms with Crippen molar-refractivity contribution in [2.45, 2.75) is 19.8 Å². The molecule has 0 aliphatic rings. The van der Waals surface area contributed by atoms with E-state index in [-0.39, 0.29) is 11.8 Å². The number of hydrogen-bond acceptors (Lipinski definition) is 4. The molecule has 1 amide bonds. The van der Waals surface area contributed by atoms with E-state index in [1.54, 1.807) is 0 Å². The van der Waals surface area contributed by atoms with Crippen LogP contribution in [0, 0.1) is 0 Å². The van der Waals surface area contributed by atoms with Gasteiger partial charge in [0.05, 0.1) is 6.42 Å². The van der Waals surface area contributed by atoms with Gasteiger partial charge in [0.2, 0.25) is 5.89 Å². The van der Waals surface area contributed by atoms with E-state index >= 15 is 0 Å². The molecule has 0 unspecified atom stereocenters. The summed E-state index contributed by atoms with van der Waals surface area (Å²) in [7, 11) is 0. The van der Waals surface area contributed by atoms with Crippen LogP contribution in [0.5, 0.6) is 0 Å². The van der Waals surface area contributed by atoms with Crippen LogP contribution in [0.25, 0.3) is 0 Å². The average Bonchev–Trinajstić information content (AvgIpc) is 2.86. The number of carbonyl (C=O) groups is 1. The minimum Gasteiger partial charge on any atom is -0.417 e. The van der Waals surface area contributed by atoms with Crippen molar-refractivity contribution in [2.75, 3.05) is 6.54 Å². The first kappa shape index (κ1) is 12.3. The summed E-state index contributed by atoms with van der Waals surface area (Å²) < 4.78 is 5.31. The van der Waals surface area contributed by atoms with E-state index < -0.39 is 0 Å². The van der Waals surface area contributed by atoms with Crippen molar-refractivity contribution in [3.05, 3.63) is 47.7 Å². The van der Waals surface area contributed by atoms with E-state index in [2.05, 4.69) is 15.5 Å². The fourth-order valence-electron chi connectivity index (χ4n) is 1.50. The highest BCUT2D eigenvalue weighted by Gasteiger charge is 2.13. The number of amides is 1. The van der Waals surface area contributed by atoms with Crippen molar-refractivity contribution in [3.8, 4) is 0 Å². The fourth-order valence-corrected chi connectivity index (χ4v) is 1.50. The molecule has 0 atom stereocenters. The van der Waals surface area contributed by atoms with E-state index in [4.69, 9.17) is 4.42 Å². The monoisotopic (exact) mass is 245 g/mol. The lowest BCUT2D eigenvalue weighted by Gasteiger charge is -1.97. The first-order valence-electron chi connectivity index (χ1n) is 5.94. The molecule has 5 heteroatoms. The van der Waals surface area contributed by atoms with Gasteiger partial charge in [0.15, 0.2) is 0 Å². The van der Waals surface area contributed by atoms with Crippen LogP contribution in [-0.2, 0) is 6.42 Å². The molecular formula is C13H15N3O2. The molecule has 0 aliphatic carbocycles. The van der Waals surface area contributed by atoms with Crippen molar-refractivity contribution >= 4 is 5.91 Å². The van der Waals surface area contributed by atoms with Crippen LogP contribution in [0.3, 0.4) is 0 Å². The molecule has 2 aromatic rings. The van der Waals surface area contributed by atoms with Crippen LogP contribution in [0.4, 0.5) is 0 Å². The molecule has 1 aromatic carbocycles. The molecule has 0 fully saturated rings. The van der Waals surface area contributed by atoms with E-state index in [1.807, 2.05) is 37.3 Å². The zero-order chi connectivity index (χ0) is 12.8. The zero-order valence-electron chi connectivity index (χ0n) is 10.2. The van der Waals surface area contributed by atoms with Crippen molar-refractivity contribution in [3.63, 3.8) is 0 Å². The zero-order valence-corrected chi connectivity index (χ0v) is 10.2. The summed E-state index contributed by atoms with van der Waals surface area (Å²) in [6.07, 6.45) is 1.41. The van der Waals surface area contributed by atoms with Crippen molar-refractivity contribution < 1.29 is 9.21 Å². The minimum atomic E-state index is -0.316. The topological polar surface area (TPSA) is 68.0 Å². The maximum absolute atomic E-state index is 11.6. The van der Waals surface area contributed by atoms with Crippen LogP contribution in [0.1, 0.15) is 35.5 Å². The summed E-state index contributed by atoms with van der Waals surface area (Å²) in [4.78, 5) is 11.6. The second-order valence-corrected chi connectivity index (χ2v) is 3.92. The Bertz CT molecular complexity index is 508. The summed E-state index contributed by atoms with van der Waals surface area (Å²) in [5.41, 5.74) is 1.07. The number of aromatic nitrogens is 2. The van der Waals surface area contributed by atoms with Crippen molar-refractivity contribution in [2.24, 2.45) is 0 Å².